The summed E-state index contributed by atoms with van der Waals surface area (Å²) in [6.45, 7) is 0. The van der Waals surface area contributed by atoms with Gasteiger partial charge >= 0.3 is 0 Å². The molecule has 4 heteroatoms. The van der Waals surface area contributed by atoms with Gasteiger partial charge in [0.15, 0.2) is 5.16 Å². The summed E-state index contributed by atoms with van der Waals surface area (Å²) in [4.78, 5) is 4.13. The van der Waals surface area contributed by atoms with Crippen molar-refractivity contribution in [1.82, 2.24) is 9.55 Å². The molecule has 0 fully saturated rings. The Kier molecular flexibility index (Phi) is 2.84. The van der Waals surface area contributed by atoms with E-state index in [1.54, 1.807) is 11.8 Å². The second kappa shape index (κ2) is 3.46. The summed E-state index contributed by atoms with van der Waals surface area (Å²) in [5.74, 6) is 0. The van der Waals surface area contributed by atoms with Crippen molar-refractivity contribution in [1.29, 1.82) is 0 Å². The van der Waals surface area contributed by atoms with Crippen LogP contribution < -0.4 is 0 Å². The predicted molar refractivity (Wildman–Crippen MR) is 48.0 cm³/mol. The molecular weight excluding hydrogens is 247 g/mol. The largest absolute Gasteiger partial charge is 0.329 e. The Balaban J connectivity index is 2.69. The number of halogens is 1. The van der Waals surface area contributed by atoms with E-state index in [1.807, 2.05) is 24.0 Å². The number of imidazole rings is 1. The maximum Gasteiger partial charge on any atom is 0.168 e. The highest BCUT2D eigenvalue weighted by Crippen LogP contribution is 2.15. The Hall–Kier alpha value is 0.290. The maximum atomic E-state index is 4.13. The molecule has 1 heterocycles. The smallest absolute Gasteiger partial charge is 0.168 e. The van der Waals surface area contributed by atoms with Crippen LogP contribution in [0.15, 0.2) is 17.6 Å². The molecule has 0 saturated carbocycles. The van der Waals surface area contributed by atoms with E-state index >= 15 is 0 Å². The van der Waals surface area contributed by atoms with Crippen LogP contribution in [-0.2, 0) is 7.05 Å². The first-order valence-electron chi connectivity index (χ1n) is 2.50. The van der Waals surface area contributed by atoms with Gasteiger partial charge < -0.3 is 4.57 Å². The summed E-state index contributed by atoms with van der Waals surface area (Å²) >= 11 is 4.06. The Morgan fingerprint density at radius 3 is 3.11 bits per heavy atom. The second-order valence-electron chi connectivity index (χ2n) is 1.57. The van der Waals surface area contributed by atoms with Crippen LogP contribution in [0.5, 0.6) is 0 Å². The highest BCUT2D eigenvalue weighted by Gasteiger charge is 1.95. The molecule has 0 spiro atoms. The third-order valence-corrected chi connectivity index (χ3v) is 2.66. The lowest BCUT2D eigenvalue weighted by Crippen LogP contribution is -1.87. The van der Waals surface area contributed by atoms with E-state index in [2.05, 4.69) is 27.6 Å². The molecule has 0 aliphatic carbocycles. The molecule has 1 aromatic rings. The SMILES string of the molecule is Cn1ccnc1SCI. The molecule has 0 radical (unpaired) electrons. The van der Waals surface area contributed by atoms with Gasteiger partial charge in [-0.3, -0.25) is 0 Å². The van der Waals surface area contributed by atoms with E-state index in [0.717, 1.165) is 8.92 Å². The lowest BCUT2D eigenvalue weighted by Gasteiger charge is -1.94. The summed E-state index contributed by atoms with van der Waals surface area (Å²) in [5.41, 5.74) is 0. The fourth-order valence-electron chi connectivity index (χ4n) is 0.540. The molecule has 1 rings (SSSR count). The molecule has 0 atom stereocenters. The third-order valence-electron chi connectivity index (χ3n) is 0.961. The lowest BCUT2D eigenvalue weighted by molar-refractivity contribution is 0.791. The minimum absolute atomic E-state index is 1.06. The maximum absolute atomic E-state index is 4.13. The number of rotatable bonds is 2. The van der Waals surface area contributed by atoms with Crippen LogP contribution in [0.3, 0.4) is 0 Å². The summed E-state index contributed by atoms with van der Waals surface area (Å²) in [6.07, 6.45) is 3.77. The molecule has 0 saturated heterocycles. The Morgan fingerprint density at radius 1 is 1.89 bits per heavy atom. The number of nitrogens with zero attached hydrogens (tertiary/aromatic N) is 2. The highest BCUT2D eigenvalue weighted by atomic mass is 127. The molecular formula is C5H7IN2S. The van der Waals surface area contributed by atoms with Crippen molar-refractivity contribution in [3.05, 3.63) is 12.4 Å². The molecule has 0 amide bonds. The van der Waals surface area contributed by atoms with Gasteiger partial charge in [-0.05, 0) is 0 Å². The zero-order valence-electron chi connectivity index (χ0n) is 5.04. The van der Waals surface area contributed by atoms with Gasteiger partial charge in [0.1, 0.15) is 0 Å². The minimum atomic E-state index is 1.06. The number of aryl methyl sites for hydroxylation is 1. The van der Waals surface area contributed by atoms with Crippen molar-refractivity contribution in [2.75, 3.05) is 3.76 Å². The molecule has 1 aromatic heterocycles. The summed E-state index contributed by atoms with van der Waals surface area (Å²) < 4.78 is 3.08. The van der Waals surface area contributed by atoms with Gasteiger partial charge in [0, 0.05) is 19.4 Å². The number of aromatic nitrogens is 2. The van der Waals surface area contributed by atoms with Crippen LogP contribution in [0, 0.1) is 0 Å². The van der Waals surface area contributed by atoms with Gasteiger partial charge in [0.05, 0.1) is 3.76 Å². The Morgan fingerprint density at radius 2 is 2.67 bits per heavy atom. The molecule has 0 aliphatic heterocycles. The molecule has 0 bridgehead atoms. The van der Waals surface area contributed by atoms with Crippen molar-refractivity contribution in [3.8, 4) is 0 Å². The molecule has 0 aliphatic rings. The van der Waals surface area contributed by atoms with Crippen molar-refractivity contribution in [3.63, 3.8) is 0 Å². The number of hydrogen-bond acceptors (Lipinski definition) is 2. The predicted octanol–water partition coefficient (Wildman–Crippen LogP) is 1.90. The summed E-state index contributed by atoms with van der Waals surface area (Å²) in [5, 5.41) is 1.09. The summed E-state index contributed by atoms with van der Waals surface area (Å²) in [7, 11) is 2.00. The van der Waals surface area contributed by atoms with E-state index in [4.69, 9.17) is 0 Å². The zero-order chi connectivity index (χ0) is 6.69. The van der Waals surface area contributed by atoms with Crippen LogP contribution in [0.25, 0.3) is 0 Å². The van der Waals surface area contributed by atoms with Crippen LogP contribution in [0.1, 0.15) is 0 Å². The number of hydrogen-bond donors (Lipinski definition) is 0. The van der Waals surface area contributed by atoms with Gasteiger partial charge in [-0.25, -0.2) is 4.98 Å². The quantitative estimate of drug-likeness (QED) is 0.455. The highest BCUT2D eigenvalue weighted by molar-refractivity contribution is 14.1. The standard InChI is InChI=1S/C5H7IN2S/c1-8-3-2-7-5(8)9-4-6/h2-3H,4H2,1H3. The van der Waals surface area contributed by atoms with Gasteiger partial charge in [0.2, 0.25) is 0 Å². The topological polar surface area (TPSA) is 17.8 Å². The summed E-state index contributed by atoms with van der Waals surface area (Å²) in [6, 6.07) is 0. The van der Waals surface area contributed by atoms with E-state index in [9.17, 15) is 0 Å². The average molecular weight is 254 g/mol. The van der Waals surface area contributed by atoms with E-state index in [0.29, 0.717) is 0 Å². The number of alkyl halides is 1. The van der Waals surface area contributed by atoms with E-state index < -0.39 is 0 Å². The Bertz CT molecular complexity index is 187. The first kappa shape index (κ1) is 7.40. The average Bonchev–Trinajstić information content (AvgIpc) is 2.18. The van der Waals surface area contributed by atoms with Crippen LogP contribution >= 0.6 is 34.4 Å². The van der Waals surface area contributed by atoms with E-state index in [-0.39, 0.29) is 0 Å². The molecule has 2 nitrogen and oxygen atoms in total. The second-order valence-corrected chi connectivity index (χ2v) is 4.31. The van der Waals surface area contributed by atoms with Crippen molar-refractivity contribution in [2.45, 2.75) is 5.16 Å². The molecule has 50 valence electrons. The normalized spacial score (nSPS) is 10.0. The van der Waals surface area contributed by atoms with E-state index in [1.165, 1.54) is 0 Å². The first-order chi connectivity index (χ1) is 4.34. The fraction of sp³-hybridized carbons (Fsp3) is 0.400. The first-order valence-corrected chi connectivity index (χ1v) is 5.02. The fourth-order valence-corrected chi connectivity index (χ4v) is 1.87. The van der Waals surface area contributed by atoms with Gasteiger partial charge in [-0.15, -0.1) is 0 Å². The van der Waals surface area contributed by atoms with Crippen molar-refractivity contribution < 1.29 is 0 Å². The van der Waals surface area contributed by atoms with Crippen LogP contribution in [0.4, 0.5) is 0 Å². The molecule has 0 N–H and O–H groups in total. The third kappa shape index (κ3) is 1.86. The molecule has 0 aromatic carbocycles. The molecule has 0 unspecified atom stereocenters. The lowest BCUT2D eigenvalue weighted by atomic mass is 10.9. The zero-order valence-corrected chi connectivity index (χ0v) is 8.02. The van der Waals surface area contributed by atoms with Crippen LogP contribution in [-0.4, -0.2) is 13.3 Å². The van der Waals surface area contributed by atoms with Crippen molar-refractivity contribution >= 4 is 34.4 Å². The monoisotopic (exact) mass is 254 g/mol. The molecule has 9 heavy (non-hydrogen) atoms. The van der Waals surface area contributed by atoms with Gasteiger partial charge in [-0.2, -0.15) is 0 Å². The van der Waals surface area contributed by atoms with Gasteiger partial charge in [0.25, 0.3) is 0 Å². The minimum Gasteiger partial charge on any atom is -0.329 e. The van der Waals surface area contributed by atoms with Gasteiger partial charge in [-0.1, -0.05) is 34.4 Å². The van der Waals surface area contributed by atoms with Crippen molar-refractivity contribution in [2.24, 2.45) is 7.05 Å². The Labute approximate surface area is 72.2 Å². The number of thioether (sulfide) groups is 1. The van der Waals surface area contributed by atoms with Crippen LogP contribution in [0.2, 0.25) is 0 Å².